The summed E-state index contributed by atoms with van der Waals surface area (Å²) in [6.07, 6.45) is 1.67. The third kappa shape index (κ3) is 3.30. The quantitative estimate of drug-likeness (QED) is 0.580. The van der Waals surface area contributed by atoms with Gasteiger partial charge in [-0.1, -0.05) is 70.5 Å². The van der Waals surface area contributed by atoms with Crippen molar-refractivity contribution in [2.75, 3.05) is 0 Å². The first-order valence-electron chi connectivity index (χ1n) is 7.12. The van der Waals surface area contributed by atoms with E-state index in [1.807, 2.05) is 54.6 Å². The molecular weight excluding hydrogens is 352 g/mol. The summed E-state index contributed by atoms with van der Waals surface area (Å²) >= 11 is 3.53. The summed E-state index contributed by atoms with van der Waals surface area (Å²) in [6, 6.07) is 21.2. The lowest BCUT2D eigenvalue weighted by atomic mass is 9.98. The molecule has 0 aliphatic carbocycles. The second-order valence-electron chi connectivity index (χ2n) is 5.18. The monoisotopic (exact) mass is 364 g/mol. The zero-order chi connectivity index (χ0) is 16.2. The maximum Gasteiger partial charge on any atom is 0.150 e. The average molecular weight is 365 g/mol. The highest BCUT2D eigenvalue weighted by Gasteiger charge is 2.06. The van der Waals surface area contributed by atoms with Gasteiger partial charge in [0.05, 0.1) is 0 Å². The van der Waals surface area contributed by atoms with Crippen LogP contribution in [0.25, 0.3) is 22.3 Å². The molecule has 0 unspecified atom stereocenters. The molecule has 0 radical (unpaired) electrons. The number of hydrogen-bond acceptors (Lipinski definition) is 2. The molecule has 0 N–H and O–H groups in total. The Morgan fingerprint density at radius 1 is 0.652 bits per heavy atom. The van der Waals surface area contributed by atoms with Crippen LogP contribution in [-0.4, -0.2) is 12.6 Å². The number of benzene rings is 3. The molecule has 3 aromatic carbocycles. The van der Waals surface area contributed by atoms with Gasteiger partial charge in [0.25, 0.3) is 0 Å². The zero-order valence-electron chi connectivity index (χ0n) is 12.2. The number of hydrogen-bond donors (Lipinski definition) is 0. The molecule has 3 heteroatoms. The molecule has 0 heterocycles. The van der Waals surface area contributed by atoms with E-state index in [1.165, 1.54) is 0 Å². The van der Waals surface area contributed by atoms with Gasteiger partial charge in [0.1, 0.15) is 12.6 Å². The fourth-order valence-corrected chi connectivity index (χ4v) is 3.08. The molecule has 0 saturated heterocycles. The molecule has 0 aliphatic heterocycles. The van der Waals surface area contributed by atoms with Crippen LogP contribution in [-0.2, 0) is 0 Å². The Kier molecular flexibility index (Phi) is 4.49. The Morgan fingerprint density at radius 3 is 1.96 bits per heavy atom. The van der Waals surface area contributed by atoms with Crippen LogP contribution in [0.5, 0.6) is 0 Å². The molecule has 3 rings (SSSR count). The average Bonchev–Trinajstić information content (AvgIpc) is 2.61. The first-order chi connectivity index (χ1) is 11.2. The van der Waals surface area contributed by atoms with E-state index in [0.717, 1.165) is 39.3 Å². The van der Waals surface area contributed by atoms with E-state index in [-0.39, 0.29) is 0 Å². The minimum absolute atomic E-state index is 0.640. The Morgan fingerprint density at radius 2 is 1.30 bits per heavy atom. The van der Waals surface area contributed by atoms with Crippen molar-refractivity contribution in [3.05, 3.63) is 82.3 Å². The van der Waals surface area contributed by atoms with Crippen molar-refractivity contribution >= 4 is 28.5 Å². The summed E-state index contributed by atoms with van der Waals surface area (Å²) in [5, 5.41) is 0. The summed E-state index contributed by atoms with van der Waals surface area (Å²) in [4.78, 5) is 21.6. The van der Waals surface area contributed by atoms with Gasteiger partial charge in [-0.25, -0.2) is 0 Å². The number of carbonyl (C=O) groups is 2. The lowest BCUT2D eigenvalue weighted by Crippen LogP contribution is -1.86. The molecule has 0 fully saturated rings. The van der Waals surface area contributed by atoms with Crippen LogP contribution >= 0.6 is 15.9 Å². The van der Waals surface area contributed by atoms with Crippen LogP contribution in [0.15, 0.2) is 71.2 Å². The van der Waals surface area contributed by atoms with E-state index in [1.54, 1.807) is 6.07 Å². The highest BCUT2D eigenvalue weighted by atomic mass is 79.9. The third-order valence-corrected chi connectivity index (χ3v) is 4.34. The SMILES string of the molecule is O=Cc1ccc(-c2cccc(-c3ccc(C=O)cc3Br)c2)cc1. The molecule has 23 heavy (non-hydrogen) atoms. The molecule has 0 aliphatic rings. The zero-order valence-corrected chi connectivity index (χ0v) is 13.8. The van der Waals surface area contributed by atoms with Gasteiger partial charge in [-0.05, 0) is 34.4 Å². The van der Waals surface area contributed by atoms with Gasteiger partial charge in [-0.3, -0.25) is 9.59 Å². The van der Waals surface area contributed by atoms with Gasteiger partial charge in [0.15, 0.2) is 0 Å². The van der Waals surface area contributed by atoms with Gasteiger partial charge < -0.3 is 0 Å². The van der Waals surface area contributed by atoms with E-state index in [9.17, 15) is 9.59 Å². The van der Waals surface area contributed by atoms with E-state index < -0.39 is 0 Å². The lowest BCUT2D eigenvalue weighted by Gasteiger charge is -2.08. The van der Waals surface area contributed by atoms with Crippen molar-refractivity contribution in [2.24, 2.45) is 0 Å². The summed E-state index contributed by atoms with van der Waals surface area (Å²) in [6.45, 7) is 0. The Balaban J connectivity index is 2.02. The first-order valence-corrected chi connectivity index (χ1v) is 7.91. The first kappa shape index (κ1) is 15.4. The van der Waals surface area contributed by atoms with Crippen LogP contribution in [0.4, 0.5) is 0 Å². The minimum Gasteiger partial charge on any atom is -0.298 e. The van der Waals surface area contributed by atoms with E-state index in [4.69, 9.17) is 0 Å². The standard InChI is InChI=1S/C20H13BrO2/c21-20-10-15(13-23)6-9-19(20)18-3-1-2-17(11-18)16-7-4-14(12-22)5-8-16/h1-13H. The molecule has 0 aromatic heterocycles. The highest BCUT2D eigenvalue weighted by molar-refractivity contribution is 9.10. The van der Waals surface area contributed by atoms with E-state index >= 15 is 0 Å². The summed E-state index contributed by atoms with van der Waals surface area (Å²) < 4.78 is 0.885. The third-order valence-electron chi connectivity index (χ3n) is 3.68. The van der Waals surface area contributed by atoms with Crippen molar-refractivity contribution in [2.45, 2.75) is 0 Å². The normalized spacial score (nSPS) is 10.3. The Labute approximate surface area is 142 Å². The Hall–Kier alpha value is -2.52. The van der Waals surface area contributed by atoms with Crippen LogP contribution < -0.4 is 0 Å². The maximum atomic E-state index is 10.9. The maximum absolute atomic E-state index is 10.9. The fourth-order valence-electron chi connectivity index (χ4n) is 2.46. The molecule has 0 amide bonds. The number of aldehydes is 2. The van der Waals surface area contributed by atoms with E-state index in [0.29, 0.717) is 11.1 Å². The van der Waals surface area contributed by atoms with Gasteiger partial charge >= 0.3 is 0 Å². The summed E-state index contributed by atoms with van der Waals surface area (Å²) in [7, 11) is 0. The van der Waals surface area contributed by atoms with Gasteiger partial charge in [0, 0.05) is 15.6 Å². The molecule has 0 saturated carbocycles. The highest BCUT2D eigenvalue weighted by Crippen LogP contribution is 2.31. The molecule has 0 bridgehead atoms. The topological polar surface area (TPSA) is 34.1 Å². The predicted molar refractivity (Wildman–Crippen MR) is 95.8 cm³/mol. The number of halogens is 1. The van der Waals surface area contributed by atoms with Crippen molar-refractivity contribution < 1.29 is 9.59 Å². The summed E-state index contributed by atoms with van der Waals surface area (Å²) in [5.74, 6) is 0. The number of rotatable bonds is 4. The fraction of sp³-hybridized carbons (Fsp3) is 0. The van der Waals surface area contributed by atoms with Crippen LogP contribution in [0, 0.1) is 0 Å². The van der Waals surface area contributed by atoms with Crippen molar-refractivity contribution in [3.8, 4) is 22.3 Å². The molecular formula is C20H13BrO2. The molecule has 112 valence electrons. The van der Waals surface area contributed by atoms with Crippen LogP contribution in [0.1, 0.15) is 20.7 Å². The van der Waals surface area contributed by atoms with Crippen LogP contribution in [0.3, 0.4) is 0 Å². The van der Waals surface area contributed by atoms with Gasteiger partial charge in [-0.15, -0.1) is 0 Å². The van der Waals surface area contributed by atoms with Crippen LogP contribution in [0.2, 0.25) is 0 Å². The largest absolute Gasteiger partial charge is 0.298 e. The van der Waals surface area contributed by atoms with Crippen molar-refractivity contribution in [1.82, 2.24) is 0 Å². The molecule has 2 nitrogen and oxygen atoms in total. The second kappa shape index (κ2) is 6.71. The Bertz CT molecular complexity index is 867. The van der Waals surface area contributed by atoms with Crippen molar-refractivity contribution in [3.63, 3.8) is 0 Å². The van der Waals surface area contributed by atoms with Gasteiger partial charge in [0.2, 0.25) is 0 Å². The smallest absolute Gasteiger partial charge is 0.150 e. The molecule has 3 aromatic rings. The predicted octanol–water partition coefficient (Wildman–Crippen LogP) is 5.41. The lowest BCUT2D eigenvalue weighted by molar-refractivity contribution is 0.111. The van der Waals surface area contributed by atoms with Crippen molar-refractivity contribution in [1.29, 1.82) is 0 Å². The number of carbonyl (C=O) groups excluding carboxylic acids is 2. The second-order valence-corrected chi connectivity index (χ2v) is 6.03. The van der Waals surface area contributed by atoms with Gasteiger partial charge in [-0.2, -0.15) is 0 Å². The minimum atomic E-state index is 0.640. The summed E-state index contributed by atoms with van der Waals surface area (Å²) in [5.41, 5.74) is 5.52. The molecule has 0 spiro atoms. The van der Waals surface area contributed by atoms with E-state index in [2.05, 4.69) is 22.0 Å². The molecule has 0 atom stereocenters.